The predicted molar refractivity (Wildman–Crippen MR) is 103 cm³/mol. The van der Waals surface area contributed by atoms with Crippen molar-refractivity contribution in [3.63, 3.8) is 0 Å². The maximum absolute atomic E-state index is 11.8. The standard InChI is InChI=1S/C20H25O6P/c1-2-3-13-25-27(23,24)26-19-11-9-17(10-12-19)15-18(20(21)22)14-16-7-5-4-6-8-16/h4-12,18H,2-3,13-15H2,1H3,(H,21,22)(H,23,24). The highest BCUT2D eigenvalue weighted by Gasteiger charge is 2.23. The summed E-state index contributed by atoms with van der Waals surface area (Å²) in [6, 6.07) is 16.0. The molecule has 0 aliphatic rings. The molecule has 7 heteroatoms. The molecule has 0 fully saturated rings. The first-order valence-corrected chi connectivity index (χ1v) is 10.4. The highest BCUT2D eigenvalue weighted by atomic mass is 31.2. The summed E-state index contributed by atoms with van der Waals surface area (Å²) in [6.45, 7) is 2.11. The Morgan fingerprint density at radius 1 is 1.04 bits per heavy atom. The lowest BCUT2D eigenvalue weighted by Crippen LogP contribution is -2.19. The molecule has 0 radical (unpaired) electrons. The highest BCUT2D eigenvalue weighted by Crippen LogP contribution is 2.43. The molecular formula is C20H25O6P. The fourth-order valence-corrected chi connectivity index (χ4v) is 3.40. The predicted octanol–water partition coefficient (Wildman–Crippen LogP) is 4.47. The van der Waals surface area contributed by atoms with Gasteiger partial charge < -0.3 is 9.63 Å². The molecule has 0 saturated heterocycles. The van der Waals surface area contributed by atoms with Crippen molar-refractivity contribution in [2.45, 2.75) is 32.6 Å². The van der Waals surface area contributed by atoms with E-state index >= 15 is 0 Å². The van der Waals surface area contributed by atoms with Gasteiger partial charge in [0.2, 0.25) is 0 Å². The Morgan fingerprint density at radius 2 is 1.63 bits per heavy atom. The molecule has 2 aromatic carbocycles. The number of benzene rings is 2. The summed E-state index contributed by atoms with van der Waals surface area (Å²) in [5.74, 6) is -1.21. The average molecular weight is 392 g/mol. The van der Waals surface area contributed by atoms with Gasteiger partial charge in [-0.15, -0.1) is 0 Å². The monoisotopic (exact) mass is 392 g/mol. The molecule has 6 nitrogen and oxygen atoms in total. The third kappa shape index (κ3) is 7.55. The molecule has 0 amide bonds. The molecule has 0 saturated carbocycles. The molecule has 2 unspecified atom stereocenters. The van der Waals surface area contributed by atoms with Gasteiger partial charge >= 0.3 is 13.8 Å². The van der Waals surface area contributed by atoms with Gasteiger partial charge in [-0.25, -0.2) is 4.57 Å². The molecule has 0 spiro atoms. The number of phosphoric acid groups is 1. The summed E-state index contributed by atoms with van der Waals surface area (Å²) < 4.78 is 21.7. The van der Waals surface area contributed by atoms with Gasteiger partial charge in [0.25, 0.3) is 0 Å². The van der Waals surface area contributed by atoms with Crippen molar-refractivity contribution in [3.05, 3.63) is 65.7 Å². The molecule has 2 aromatic rings. The molecule has 2 atom stereocenters. The molecule has 2 rings (SSSR count). The topological polar surface area (TPSA) is 93.1 Å². The number of hydrogen-bond donors (Lipinski definition) is 2. The summed E-state index contributed by atoms with van der Waals surface area (Å²) in [5, 5.41) is 9.49. The van der Waals surface area contributed by atoms with E-state index in [4.69, 9.17) is 9.05 Å². The third-order valence-corrected chi connectivity index (χ3v) is 5.00. The van der Waals surface area contributed by atoms with E-state index in [1.807, 2.05) is 37.3 Å². The van der Waals surface area contributed by atoms with Crippen LogP contribution in [-0.4, -0.2) is 22.6 Å². The largest absolute Gasteiger partial charge is 0.527 e. The van der Waals surface area contributed by atoms with Crippen molar-refractivity contribution in [3.8, 4) is 5.75 Å². The van der Waals surface area contributed by atoms with Crippen LogP contribution in [0.5, 0.6) is 5.75 Å². The third-order valence-electron chi connectivity index (χ3n) is 4.05. The summed E-state index contributed by atoms with van der Waals surface area (Å²) >= 11 is 0. The number of phosphoric ester groups is 1. The fourth-order valence-electron chi connectivity index (χ4n) is 2.60. The Morgan fingerprint density at radius 3 is 2.19 bits per heavy atom. The van der Waals surface area contributed by atoms with Crippen LogP contribution >= 0.6 is 7.82 Å². The first-order valence-electron chi connectivity index (χ1n) is 8.92. The summed E-state index contributed by atoms with van der Waals surface area (Å²) in [5.41, 5.74) is 1.78. The first-order chi connectivity index (χ1) is 12.9. The van der Waals surface area contributed by atoms with Crippen LogP contribution in [0.1, 0.15) is 30.9 Å². The van der Waals surface area contributed by atoms with Gasteiger partial charge in [0.05, 0.1) is 12.5 Å². The second-order valence-corrected chi connectivity index (χ2v) is 7.70. The van der Waals surface area contributed by atoms with Crippen molar-refractivity contribution in [1.29, 1.82) is 0 Å². The van der Waals surface area contributed by atoms with E-state index < -0.39 is 19.7 Å². The van der Waals surface area contributed by atoms with Crippen LogP contribution in [0.25, 0.3) is 0 Å². The first kappa shape index (κ1) is 21.2. The lowest BCUT2D eigenvalue weighted by Gasteiger charge is -2.15. The van der Waals surface area contributed by atoms with Gasteiger partial charge in [0.1, 0.15) is 5.75 Å². The van der Waals surface area contributed by atoms with Crippen LogP contribution in [0.2, 0.25) is 0 Å². The van der Waals surface area contributed by atoms with Gasteiger partial charge in [-0.2, -0.15) is 0 Å². The minimum atomic E-state index is -4.14. The van der Waals surface area contributed by atoms with Crippen LogP contribution in [-0.2, 0) is 26.7 Å². The quantitative estimate of drug-likeness (QED) is 0.433. The number of aliphatic carboxylic acids is 1. The second kappa shape index (κ2) is 10.3. The highest BCUT2D eigenvalue weighted by molar-refractivity contribution is 7.47. The van der Waals surface area contributed by atoms with Crippen LogP contribution in [0.4, 0.5) is 0 Å². The zero-order valence-electron chi connectivity index (χ0n) is 15.3. The Hall–Kier alpha value is -2.14. The van der Waals surface area contributed by atoms with Crippen LogP contribution in [0.3, 0.4) is 0 Å². The van der Waals surface area contributed by atoms with Crippen LogP contribution in [0.15, 0.2) is 54.6 Å². The minimum Gasteiger partial charge on any atom is -0.481 e. The van der Waals surface area contributed by atoms with Gasteiger partial charge in [0, 0.05) is 0 Å². The van der Waals surface area contributed by atoms with Crippen molar-refractivity contribution in [2.75, 3.05) is 6.61 Å². The zero-order valence-corrected chi connectivity index (χ0v) is 16.2. The number of carboxylic acids is 1. The molecule has 2 N–H and O–H groups in total. The van der Waals surface area contributed by atoms with Crippen molar-refractivity contribution in [1.82, 2.24) is 0 Å². The Bertz CT molecular complexity index is 760. The van der Waals surface area contributed by atoms with E-state index in [1.165, 1.54) is 0 Å². The Kier molecular flexibility index (Phi) is 8.04. The number of carbonyl (C=O) groups is 1. The van der Waals surface area contributed by atoms with Crippen molar-refractivity contribution < 1.29 is 28.4 Å². The average Bonchev–Trinajstić information content (AvgIpc) is 2.63. The molecule has 0 aromatic heterocycles. The Labute approximate surface area is 159 Å². The van der Waals surface area contributed by atoms with Crippen molar-refractivity contribution in [2.24, 2.45) is 5.92 Å². The van der Waals surface area contributed by atoms with E-state index in [2.05, 4.69) is 0 Å². The van der Waals surface area contributed by atoms with E-state index in [0.717, 1.165) is 17.5 Å². The van der Waals surface area contributed by atoms with Crippen LogP contribution < -0.4 is 4.52 Å². The second-order valence-electron chi connectivity index (χ2n) is 6.32. The van der Waals surface area contributed by atoms with E-state index in [-0.39, 0.29) is 12.4 Å². The van der Waals surface area contributed by atoms with Gasteiger partial charge in [-0.05, 0) is 42.5 Å². The number of rotatable bonds is 11. The summed E-state index contributed by atoms with van der Waals surface area (Å²) in [7, 11) is -4.14. The molecule has 0 aliphatic carbocycles. The van der Waals surface area contributed by atoms with Crippen LogP contribution in [0, 0.1) is 5.92 Å². The molecule has 146 valence electrons. The van der Waals surface area contributed by atoms with Gasteiger partial charge in [-0.1, -0.05) is 55.8 Å². The lowest BCUT2D eigenvalue weighted by atomic mass is 9.93. The number of carboxylic acid groups (broad SMARTS) is 1. The molecular weight excluding hydrogens is 367 g/mol. The SMILES string of the molecule is CCCCOP(=O)(O)Oc1ccc(CC(Cc2ccccc2)C(=O)O)cc1. The zero-order chi connectivity index (χ0) is 19.7. The molecule has 0 heterocycles. The molecule has 27 heavy (non-hydrogen) atoms. The van der Waals surface area contributed by atoms with Crippen molar-refractivity contribution >= 4 is 13.8 Å². The number of hydrogen-bond acceptors (Lipinski definition) is 4. The molecule has 0 aliphatic heterocycles. The van der Waals surface area contributed by atoms with E-state index in [9.17, 15) is 19.4 Å². The maximum Gasteiger partial charge on any atom is 0.527 e. The summed E-state index contributed by atoms with van der Waals surface area (Å²) in [4.78, 5) is 21.3. The summed E-state index contributed by atoms with van der Waals surface area (Å²) in [6.07, 6.45) is 2.31. The maximum atomic E-state index is 11.8. The normalized spacial score (nSPS) is 14.3. The minimum absolute atomic E-state index is 0.155. The fraction of sp³-hybridized carbons (Fsp3) is 0.350. The lowest BCUT2D eigenvalue weighted by molar-refractivity contribution is -0.141. The van der Waals surface area contributed by atoms with Gasteiger partial charge in [-0.3, -0.25) is 14.2 Å². The van der Waals surface area contributed by atoms with Gasteiger partial charge in [0.15, 0.2) is 0 Å². The van der Waals surface area contributed by atoms with E-state index in [0.29, 0.717) is 19.3 Å². The Balaban J connectivity index is 1.96. The number of unbranched alkanes of at least 4 members (excludes halogenated alkanes) is 1. The van der Waals surface area contributed by atoms with E-state index in [1.54, 1.807) is 24.3 Å². The smallest absolute Gasteiger partial charge is 0.481 e. The molecule has 0 bridgehead atoms.